The molecule has 0 bridgehead atoms. The normalized spacial score (nSPS) is 10.3. The molecule has 0 unspecified atom stereocenters. The summed E-state index contributed by atoms with van der Waals surface area (Å²) in [4.78, 5) is 20.7. The smallest absolute Gasteiger partial charge is 0.251 e. The maximum atomic E-state index is 12.2. The third kappa shape index (κ3) is 3.77. The molecule has 0 aromatic carbocycles. The first-order chi connectivity index (χ1) is 9.72. The lowest BCUT2D eigenvalue weighted by atomic mass is 10.1. The molecule has 0 saturated carbocycles. The fourth-order valence-electron chi connectivity index (χ4n) is 1.83. The largest absolute Gasteiger partial charge is 0.373 e. The Morgan fingerprint density at radius 2 is 2.20 bits per heavy atom. The number of amides is 1. The van der Waals surface area contributed by atoms with E-state index in [4.69, 9.17) is 0 Å². The standard InChI is InChI=1S/C14H18N4OS/c1-3-4-11-5-10(6-13(15-2)18-11)14(19)16-7-12-8-20-9-17-12/h5-6,8-9H,3-4,7H2,1-2H3,(H,15,18)(H,16,19). The summed E-state index contributed by atoms with van der Waals surface area (Å²) in [6.07, 6.45) is 1.86. The van der Waals surface area contributed by atoms with Crippen molar-refractivity contribution in [1.29, 1.82) is 0 Å². The summed E-state index contributed by atoms with van der Waals surface area (Å²) in [7, 11) is 1.80. The Morgan fingerprint density at radius 3 is 2.85 bits per heavy atom. The van der Waals surface area contributed by atoms with E-state index >= 15 is 0 Å². The number of pyridine rings is 1. The summed E-state index contributed by atoms with van der Waals surface area (Å²) >= 11 is 1.52. The van der Waals surface area contributed by atoms with Crippen LogP contribution in [0.5, 0.6) is 0 Å². The number of hydrogen-bond acceptors (Lipinski definition) is 5. The number of nitrogens with zero attached hydrogens (tertiary/aromatic N) is 2. The summed E-state index contributed by atoms with van der Waals surface area (Å²) in [5.74, 6) is 0.615. The Bertz CT molecular complexity index is 569. The molecule has 5 nitrogen and oxygen atoms in total. The maximum absolute atomic E-state index is 12.2. The second kappa shape index (κ2) is 7.00. The molecule has 0 radical (unpaired) electrons. The van der Waals surface area contributed by atoms with Gasteiger partial charge in [-0.3, -0.25) is 4.79 Å². The monoisotopic (exact) mass is 290 g/mol. The average Bonchev–Trinajstić information content (AvgIpc) is 2.98. The first kappa shape index (κ1) is 14.5. The predicted molar refractivity (Wildman–Crippen MR) is 81.1 cm³/mol. The first-order valence-electron chi connectivity index (χ1n) is 6.57. The fourth-order valence-corrected chi connectivity index (χ4v) is 2.39. The van der Waals surface area contributed by atoms with Crippen LogP contribution >= 0.6 is 11.3 Å². The third-order valence-corrected chi connectivity index (χ3v) is 3.45. The molecule has 106 valence electrons. The van der Waals surface area contributed by atoms with E-state index < -0.39 is 0 Å². The molecule has 0 aliphatic carbocycles. The minimum atomic E-state index is -0.103. The summed E-state index contributed by atoms with van der Waals surface area (Å²) < 4.78 is 0. The number of hydrogen-bond donors (Lipinski definition) is 2. The van der Waals surface area contributed by atoms with E-state index in [-0.39, 0.29) is 5.91 Å². The molecule has 0 atom stereocenters. The van der Waals surface area contributed by atoms with Crippen LogP contribution in [0.3, 0.4) is 0 Å². The van der Waals surface area contributed by atoms with Gasteiger partial charge in [-0.1, -0.05) is 13.3 Å². The van der Waals surface area contributed by atoms with E-state index in [0.717, 1.165) is 30.0 Å². The number of aromatic nitrogens is 2. The number of aryl methyl sites for hydroxylation is 1. The van der Waals surface area contributed by atoms with E-state index in [9.17, 15) is 4.79 Å². The highest BCUT2D eigenvalue weighted by atomic mass is 32.1. The van der Waals surface area contributed by atoms with Gasteiger partial charge in [0.1, 0.15) is 5.82 Å². The maximum Gasteiger partial charge on any atom is 0.251 e. The van der Waals surface area contributed by atoms with Gasteiger partial charge < -0.3 is 10.6 Å². The molecule has 20 heavy (non-hydrogen) atoms. The second-order valence-corrected chi connectivity index (χ2v) is 5.11. The third-order valence-electron chi connectivity index (χ3n) is 2.82. The molecule has 0 saturated heterocycles. The van der Waals surface area contributed by atoms with Crippen LogP contribution in [0.1, 0.15) is 35.1 Å². The van der Waals surface area contributed by atoms with E-state index in [1.807, 2.05) is 11.4 Å². The van der Waals surface area contributed by atoms with E-state index in [1.165, 1.54) is 11.3 Å². The van der Waals surface area contributed by atoms with E-state index in [1.54, 1.807) is 18.6 Å². The van der Waals surface area contributed by atoms with Gasteiger partial charge in [0.2, 0.25) is 0 Å². The summed E-state index contributed by atoms with van der Waals surface area (Å²) in [5.41, 5.74) is 4.19. The Balaban J connectivity index is 2.09. The summed E-state index contributed by atoms with van der Waals surface area (Å²) in [5, 5.41) is 7.79. The zero-order chi connectivity index (χ0) is 14.4. The van der Waals surface area contributed by atoms with E-state index in [0.29, 0.717) is 12.1 Å². The van der Waals surface area contributed by atoms with Crippen molar-refractivity contribution in [2.24, 2.45) is 0 Å². The SMILES string of the molecule is CCCc1cc(C(=O)NCc2cscn2)cc(NC)n1. The number of thiazole rings is 1. The number of anilines is 1. The number of nitrogens with one attached hydrogen (secondary N) is 2. The Morgan fingerprint density at radius 1 is 1.35 bits per heavy atom. The molecule has 0 aliphatic rings. The van der Waals surface area contributed by atoms with Crippen molar-refractivity contribution in [2.45, 2.75) is 26.3 Å². The molecule has 6 heteroatoms. The van der Waals surface area contributed by atoms with Crippen molar-refractivity contribution >= 4 is 23.1 Å². The van der Waals surface area contributed by atoms with Gasteiger partial charge in [0.05, 0.1) is 17.7 Å². The minimum absolute atomic E-state index is 0.103. The highest BCUT2D eigenvalue weighted by molar-refractivity contribution is 7.07. The van der Waals surface area contributed by atoms with Gasteiger partial charge in [0.25, 0.3) is 5.91 Å². The Hall–Kier alpha value is -1.95. The average molecular weight is 290 g/mol. The Kier molecular flexibility index (Phi) is 5.06. The van der Waals surface area contributed by atoms with Crippen molar-refractivity contribution in [3.05, 3.63) is 40.0 Å². The number of carbonyl (C=O) groups is 1. The molecule has 2 aromatic heterocycles. The van der Waals surface area contributed by atoms with Gasteiger partial charge >= 0.3 is 0 Å². The highest BCUT2D eigenvalue weighted by Crippen LogP contribution is 2.12. The van der Waals surface area contributed by atoms with E-state index in [2.05, 4.69) is 27.5 Å². The van der Waals surface area contributed by atoms with Crippen LogP contribution in [-0.2, 0) is 13.0 Å². The summed E-state index contributed by atoms with van der Waals surface area (Å²) in [6, 6.07) is 3.61. The van der Waals surface area contributed by atoms with Crippen molar-refractivity contribution in [2.75, 3.05) is 12.4 Å². The molecule has 2 aromatic rings. The van der Waals surface area contributed by atoms with Crippen LogP contribution in [0.25, 0.3) is 0 Å². The molecular weight excluding hydrogens is 272 g/mol. The predicted octanol–water partition coefficient (Wildman–Crippen LogP) is 2.46. The van der Waals surface area contributed by atoms with Gasteiger partial charge in [-0.2, -0.15) is 0 Å². The lowest BCUT2D eigenvalue weighted by Crippen LogP contribution is -2.23. The zero-order valence-corrected chi connectivity index (χ0v) is 12.5. The van der Waals surface area contributed by atoms with Crippen LogP contribution in [0.15, 0.2) is 23.0 Å². The van der Waals surface area contributed by atoms with Crippen LogP contribution in [-0.4, -0.2) is 22.9 Å². The molecule has 0 fully saturated rings. The second-order valence-electron chi connectivity index (χ2n) is 4.39. The molecule has 1 amide bonds. The van der Waals surface area contributed by atoms with Crippen LogP contribution in [0, 0.1) is 0 Å². The van der Waals surface area contributed by atoms with Crippen LogP contribution < -0.4 is 10.6 Å². The van der Waals surface area contributed by atoms with Crippen molar-refractivity contribution in [1.82, 2.24) is 15.3 Å². The number of rotatable bonds is 6. The lowest BCUT2D eigenvalue weighted by Gasteiger charge is -2.08. The quantitative estimate of drug-likeness (QED) is 0.857. The Labute approximate surface area is 122 Å². The molecule has 0 spiro atoms. The first-order valence-corrected chi connectivity index (χ1v) is 7.51. The molecule has 0 aliphatic heterocycles. The van der Waals surface area contributed by atoms with Crippen molar-refractivity contribution < 1.29 is 4.79 Å². The minimum Gasteiger partial charge on any atom is -0.373 e. The molecular formula is C14H18N4OS. The fraction of sp³-hybridized carbons (Fsp3) is 0.357. The number of carbonyl (C=O) groups excluding carboxylic acids is 1. The highest BCUT2D eigenvalue weighted by Gasteiger charge is 2.09. The zero-order valence-electron chi connectivity index (χ0n) is 11.6. The van der Waals surface area contributed by atoms with Crippen LogP contribution in [0.2, 0.25) is 0 Å². The van der Waals surface area contributed by atoms with Crippen molar-refractivity contribution in [3.63, 3.8) is 0 Å². The van der Waals surface area contributed by atoms with Crippen molar-refractivity contribution in [3.8, 4) is 0 Å². The summed E-state index contributed by atoms with van der Waals surface area (Å²) in [6.45, 7) is 2.54. The van der Waals surface area contributed by atoms with Gasteiger partial charge in [-0.05, 0) is 18.6 Å². The molecule has 2 N–H and O–H groups in total. The van der Waals surface area contributed by atoms with Gasteiger partial charge in [0, 0.05) is 23.7 Å². The van der Waals surface area contributed by atoms with Gasteiger partial charge in [0.15, 0.2) is 0 Å². The van der Waals surface area contributed by atoms with Gasteiger partial charge in [-0.25, -0.2) is 9.97 Å². The lowest BCUT2D eigenvalue weighted by molar-refractivity contribution is 0.0950. The van der Waals surface area contributed by atoms with Gasteiger partial charge in [-0.15, -0.1) is 11.3 Å². The topological polar surface area (TPSA) is 66.9 Å². The van der Waals surface area contributed by atoms with Crippen LogP contribution in [0.4, 0.5) is 5.82 Å². The molecule has 2 rings (SSSR count). The molecule has 2 heterocycles.